The number of esters is 2. The number of benzene rings is 2. The van der Waals surface area contributed by atoms with Crippen molar-refractivity contribution in [3.8, 4) is 0 Å². The molecule has 5 atom stereocenters. The van der Waals surface area contributed by atoms with Crippen molar-refractivity contribution in [2.45, 2.75) is 109 Å². The number of carbonyl (C=O) groups is 2. The molecule has 0 aromatic heterocycles. The molecule has 0 amide bonds. The van der Waals surface area contributed by atoms with E-state index in [1.165, 1.54) is 63.5 Å². The van der Waals surface area contributed by atoms with E-state index < -0.39 is 30.3 Å². The van der Waals surface area contributed by atoms with Crippen molar-refractivity contribution >= 4 is 23.5 Å². The van der Waals surface area contributed by atoms with Crippen molar-refractivity contribution in [3.05, 3.63) is 69.7 Å². The molecule has 3 aliphatic rings. The summed E-state index contributed by atoms with van der Waals surface area (Å²) in [4.78, 5) is 24.0. The molecule has 39 heavy (non-hydrogen) atoms. The van der Waals surface area contributed by atoms with E-state index in [1.807, 2.05) is 32.0 Å². The Kier molecular flexibility index (Phi) is 8.40. The molecule has 2 aromatic rings. The lowest BCUT2D eigenvalue weighted by Gasteiger charge is -2.44. The van der Waals surface area contributed by atoms with E-state index in [-0.39, 0.29) is 12.0 Å². The lowest BCUT2D eigenvalue weighted by atomic mass is 9.77. The van der Waals surface area contributed by atoms with E-state index in [2.05, 4.69) is 24.3 Å². The van der Waals surface area contributed by atoms with Crippen LogP contribution in [0.4, 0.5) is 0 Å². The van der Waals surface area contributed by atoms with Gasteiger partial charge in [0.1, 0.15) is 12.2 Å². The highest BCUT2D eigenvalue weighted by Crippen LogP contribution is 2.58. The Balaban J connectivity index is 1.36. The second-order valence-corrected chi connectivity index (χ2v) is 12.5. The lowest BCUT2D eigenvalue weighted by Crippen LogP contribution is -2.52. The Morgan fingerprint density at radius 2 is 1.54 bits per heavy atom. The Morgan fingerprint density at radius 3 is 2.13 bits per heavy atom. The molecule has 0 N–H and O–H groups in total. The average molecular weight is 553 g/mol. The summed E-state index contributed by atoms with van der Waals surface area (Å²) in [5, 5.41) is 0.682. The molecule has 2 aliphatic carbocycles. The third kappa shape index (κ3) is 6.36. The molecule has 1 aliphatic heterocycles. The Morgan fingerprint density at radius 1 is 0.923 bits per heavy atom. The third-order valence-electron chi connectivity index (χ3n) is 9.30. The number of carbonyl (C=O) groups excluding carboxylic acids is 2. The first kappa shape index (κ1) is 28.2. The molecular formula is C33H41ClO5. The summed E-state index contributed by atoms with van der Waals surface area (Å²) in [7, 11) is 0. The SMILES string of the molecule is CC[C@H]1OC(c2ccc(Cl)c(Cc3ccc(C4CCC5(CC4)CC5)cc3)c2)[C@H](OC(C)=O)[C@@H](OC(C)=O)[C@@H]1C. The maximum atomic E-state index is 12.1. The summed E-state index contributed by atoms with van der Waals surface area (Å²) in [6.07, 6.45) is 7.64. The quantitative estimate of drug-likeness (QED) is 0.329. The summed E-state index contributed by atoms with van der Waals surface area (Å²) in [5.74, 6) is -0.283. The molecule has 3 fully saturated rings. The number of halogens is 1. The zero-order chi connectivity index (χ0) is 27.7. The lowest BCUT2D eigenvalue weighted by molar-refractivity contribution is -0.225. The van der Waals surface area contributed by atoms with Crippen molar-refractivity contribution < 1.29 is 23.8 Å². The van der Waals surface area contributed by atoms with Crippen LogP contribution in [0.25, 0.3) is 0 Å². The Bertz CT molecular complexity index is 1180. The van der Waals surface area contributed by atoms with Crippen molar-refractivity contribution in [3.63, 3.8) is 0 Å². The van der Waals surface area contributed by atoms with Crippen LogP contribution in [-0.2, 0) is 30.2 Å². The van der Waals surface area contributed by atoms with E-state index in [0.29, 0.717) is 22.8 Å². The fraction of sp³-hybridized carbons (Fsp3) is 0.576. The maximum Gasteiger partial charge on any atom is 0.303 e. The fourth-order valence-electron chi connectivity index (χ4n) is 6.77. The van der Waals surface area contributed by atoms with Gasteiger partial charge in [-0.05, 0) is 91.0 Å². The van der Waals surface area contributed by atoms with E-state index in [0.717, 1.165) is 17.5 Å². The summed E-state index contributed by atoms with van der Waals surface area (Å²) in [6, 6.07) is 14.9. The third-order valence-corrected chi connectivity index (χ3v) is 9.67. The number of hydrogen-bond acceptors (Lipinski definition) is 5. The van der Waals surface area contributed by atoms with Gasteiger partial charge < -0.3 is 14.2 Å². The second kappa shape index (κ2) is 11.6. The molecule has 1 spiro atoms. The molecule has 2 aromatic carbocycles. The van der Waals surface area contributed by atoms with Crippen molar-refractivity contribution in [1.29, 1.82) is 0 Å². The molecule has 5 rings (SSSR count). The van der Waals surface area contributed by atoms with Crippen LogP contribution >= 0.6 is 11.6 Å². The standard InChI is InChI=1S/C33H41ClO5/c1-5-29-20(2)30(37-21(3)35)32(38-22(4)36)31(39-29)26-10-11-28(34)27(19-26)18-23-6-8-24(9-7-23)25-12-14-33(15-13-25)16-17-33/h6-11,19-20,25,29-32H,5,12-18H2,1-4H3/t20-,29-,30+,31?,32-/m1/s1. The normalized spacial score (nSPS) is 28.2. The van der Waals surface area contributed by atoms with Gasteiger partial charge in [0.05, 0.1) is 6.10 Å². The minimum absolute atomic E-state index is 0.122. The number of ether oxygens (including phenoxy) is 3. The molecule has 6 heteroatoms. The number of rotatable bonds is 7. The van der Waals surface area contributed by atoms with Crippen LogP contribution in [0.1, 0.15) is 107 Å². The summed E-state index contributed by atoms with van der Waals surface area (Å²) in [5.41, 5.74) is 5.20. The Hall–Kier alpha value is -2.37. The largest absolute Gasteiger partial charge is 0.458 e. The van der Waals surface area contributed by atoms with Crippen LogP contribution in [0.3, 0.4) is 0 Å². The van der Waals surface area contributed by atoms with Crippen LogP contribution in [0.15, 0.2) is 42.5 Å². The highest BCUT2D eigenvalue weighted by atomic mass is 35.5. The molecule has 1 saturated heterocycles. The topological polar surface area (TPSA) is 61.8 Å². The predicted octanol–water partition coefficient (Wildman–Crippen LogP) is 7.72. The summed E-state index contributed by atoms with van der Waals surface area (Å²) >= 11 is 6.67. The van der Waals surface area contributed by atoms with Crippen LogP contribution in [-0.4, -0.2) is 30.3 Å². The van der Waals surface area contributed by atoms with Gasteiger partial charge in [-0.15, -0.1) is 0 Å². The first-order valence-corrected chi connectivity index (χ1v) is 14.9. The van der Waals surface area contributed by atoms with Crippen LogP contribution < -0.4 is 0 Å². The minimum atomic E-state index is -0.747. The van der Waals surface area contributed by atoms with Crippen LogP contribution in [0, 0.1) is 11.3 Å². The van der Waals surface area contributed by atoms with E-state index in [1.54, 1.807) is 0 Å². The minimum Gasteiger partial charge on any atom is -0.458 e. The van der Waals surface area contributed by atoms with Crippen LogP contribution in [0.5, 0.6) is 0 Å². The predicted molar refractivity (Wildman–Crippen MR) is 152 cm³/mol. The van der Waals surface area contributed by atoms with Gasteiger partial charge in [-0.1, -0.05) is 61.8 Å². The van der Waals surface area contributed by atoms with Crippen molar-refractivity contribution in [2.75, 3.05) is 0 Å². The van der Waals surface area contributed by atoms with E-state index in [9.17, 15) is 9.59 Å². The van der Waals surface area contributed by atoms with Gasteiger partial charge in [0, 0.05) is 24.8 Å². The fourth-order valence-corrected chi connectivity index (χ4v) is 6.95. The highest BCUT2D eigenvalue weighted by molar-refractivity contribution is 6.31. The van der Waals surface area contributed by atoms with Gasteiger partial charge in [0.15, 0.2) is 6.10 Å². The summed E-state index contributed by atoms with van der Waals surface area (Å²) < 4.78 is 17.9. The average Bonchev–Trinajstić information content (AvgIpc) is 3.67. The van der Waals surface area contributed by atoms with Gasteiger partial charge in [-0.25, -0.2) is 0 Å². The van der Waals surface area contributed by atoms with Crippen molar-refractivity contribution in [1.82, 2.24) is 0 Å². The smallest absolute Gasteiger partial charge is 0.303 e. The first-order valence-electron chi connectivity index (χ1n) is 14.5. The molecule has 1 heterocycles. The van der Waals surface area contributed by atoms with Gasteiger partial charge in [-0.2, -0.15) is 0 Å². The van der Waals surface area contributed by atoms with Gasteiger partial charge in [0.2, 0.25) is 0 Å². The molecular weight excluding hydrogens is 512 g/mol. The van der Waals surface area contributed by atoms with Gasteiger partial charge in [-0.3, -0.25) is 9.59 Å². The Labute approximate surface area is 237 Å². The molecule has 1 unspecified atom stereocenters. The molecule has 2 saturated carbocycles. The van der Waals surface area contributed by atoms with Gasteiger partial charge >= 0.3 is 11.9 Å². The molecule has 0 radical (unpaired) electrons. The second-order valence-electron chi connectivity index (χ2n) is 12.1. The number of hydrogen-bond donors (Lipinski definition) is 0. The molecule has 5 nitrogen and oxygen atoms in total. The monoisotopic (exact) mass is 552 g/mol. The molecule has 210 valence electrons. The van der Waals surface area contributed by atoms with Gasteiger partial charge in [0.25, 0.3) is 0 Å². The van der Waals surface area contributed by atoms with Crippen molar-refractivity contribution in [2.24, 2.45) is 11.3 Å². The summed E-state index contributed by atoms with van der Waals surface area (Å²) in [6.45, 7) is 6.77. The zero-order valence-electron chi connectivity index (χ0n) is 23.6. The molecule has 0 bridgehead atoms. The first-order chi connectivity index (χ1) is 18.7. The van der Waals surface area contributed by atoms with Crippen LogP contribution in [0.2, 0.25) is 5.02 Å². The van der Waals surface area contributed by atoms with E-state index >= 15 is 0 Å². The van der Waals surface area contributed by atoms with E-state index in [4.69, 9.17) is 25.8 Å². The maximum absolute atomic E-state index is 12.1. The highest BCUT2D eigenvalue weighted by Gasteiger charge is 2.48. The zero-order valence-corrected chi connectivity index (χ0v) is 24.3.